The first-order valence-electron chi connectivity index (χ1n) is 14.5. The molecule has 1 N–H and O–H groups in total. The third-order valence-electron chi connectivity index (χ3n) is 8.25. The van der Waals surface area contributed by atoms with Gasteiger partial charge in [-0.2, -0.15) is 13.2 Å². The fourth-order valence-corrected chi connectivity index (χ4v) is 6.49. The number of aromatic nitrogens is 2. The number of nitrogens with one attached hydrogen (secondary N) is 1. The van der Waals surface area contributed by atoms with Gasteiger partial charge in [0.1, 0.15) is 22.7 Å². The summed E-state index contributed by atoms with van der Waals surface area (Å²) in [5.41, 5.74) is -2.37. The number of rotatable bonds is 5. The zero-order chi connectivity index (χ0) is 32.2. The number of ether oxygens (including phenoxy) is 2. The lowest BCUT2D eigenvalue weighted by Crippen LogP contribution is -2.71. The molecule has 3 aliphatic heterocycles. The summed E-state index contributed by atoms with van der Waals surface area (Å²) in [4.78, 5) is 39.9. The summed E-state index contributed by atoms with van der Waals surface area (Å²) in [6.45, 7) is 9.52. The first-order chi connectivity index (χ1) is 20.5. The summed E-state index contributed by atoms with van der Waals surface area (Å²) in [7, 11) is 0. The summed E-state index contributed by atoms with van der Waals surface area (Å²) in [6, 6.07) is 2.13. The highest BCUT2D eigenvalue weighted by molar-refractivity contribution is 7.98. The van der Waals surface area contributed by atoms with Crippen molar-refractivity contribution in [1.29, 1.82) is 0 Å². The highest BCUT2D eigenvalue weighted by Crippen LogP contribution is 2.46. The van der Waals surface area contributed by atoms with Gasteiger partial charge in [-0.05, 0) is 59.8 Å². The van der Waals surface area contributed by atoms with E-state index >= 15 is 4.39 Å². The molecule has 2 amide bonds. The van der Waals surface area contributed by atoms with E-state index in [9.17, 15) is 22.8 Å². The fraction of sp³-hybridized carbons (Fsp3) is 0.600. The second-order valence-electron chi connectivity index (χ2n) is 12.7. The van der Waals surface area contributed by atoms with E-state index in [1.807, 2.05) is 6.92 Å². The Bertz CT molecular complexity index is 1440. The van der Waals surface area contributed by atoms with Crippen LogP contribution in [0.2, 0.25) is 0 Å². The van der Waals surface area contributed by atoms with Crippen molar-refractivity contribution >= 4 is 29.6 Å². The molecule has 14 heteroatoms. The summed E-state index contributed by atoms with van der Waals surface area (Å²) < 4.78 is 66.8. The number of amides is 2. The van der Waals surface area contributed by atoms with E-state index in [4.69, 9.17) is 14.5 Å². The third-order valence-corrected chi connectivity index (χ3v) is 8.79. The SMILES string of the molecule is CSc1nc(N[C@H](C)c2cccc(C(F)(F)F)c2F)c2c(n1)C1(CN(C(=O)OC(C)(C)C)C1)C(=O)N([C@@H]1CCO[C@H](C)C1)C2. The third kappa shape index (κ3) is 6.07. The van der Waals surface area contributed by atoms with Gasteiger partial charge in [0.25, 0.3) is 0 Å². The number of hydrogen-bond donors (Lipinski definition) is 1. The molecule has 4 heterocycles. The van der Waals surface area contributed by atoms with Crippen LogP contribution >= 0.6 is 11.8 Å². The van der Waals surface area contributed by atoms with Crippen LogP contribution in [0.3, 0.4) is 0 Å². The molecule has 2 saturated heterocycles. The Kier molecular flexibility index (Phi) is 8.55. The molecular weight excluding hydrogens is 602 g/mol. The highest BCUT2D eigenvalue weighted by Gasteiger charge is 2.60. The Morgan fingerprint density at radius 2 is 1.93 bits per heavy atom. The molecular formula is C30H37F4N5O4S. The largest absolute Gasteiger partial charge is 0.444 e. The first kappa shape index (κ1) is 32.3. The molecule has 240 valence electrons. The number of fused-ring (bicyclic) bond motifs is 2. The standard InChI is InChI=1S/C30H37F4N5O4S/c1-16-12-18(10-11-42-16)39-13-20-23(29(25(39)40)14-38(15-29)27(41)43-28(3,4)5)36-26(44-6)37-24(20)35-17(2)19-8-7-9-21(22(19)31)30(32,33)34/h7-9,16-18H,10-15H2,1-6H3,(H,35,36,37)/t16-,17-,18-/m1/s1. The molecule has 0 aliphatic carbocycles. The van der Waals surface area contributed by atoms with Crippen LogP contribution in [0.5, 0.6) is 0 Å². The Morgan fingerprint density at radius 3 is 2.55 bits per heavy atom. The molecule has 5 rings (SSSR count). The lowest BCUT2D eigenvalue weighted by atomic mass is 9.71. The van der Waals surface area contributed by atoms with Gasteiger partial charge < -0.3 is 24.6 Å². The van der Waals surface area contributed by atoms with Crippen LogP contribution in [0.15, 0.2) is 23.4 Å². The number of hydrogen-bond acceptors (Lipinski definition) is 8. The molecule has 2 fully saturated rings. The van der Waals surface area contributed by atoms with Gasteiger partial charge in [0.2, 0.25) is 5.91 Å². The Morgan fingerprint density at radius 1 is 1.23 bits per heavy atom. The first-order valence-corrected chi connectivity index (χ1v) is 15.7. The van der Waals surface area contributed by atoms with Gasteiger partial charge in [0, 0.05) is 36.9 Å². The zero-order valence-electron chi connectivity index (χ0n) is 25.5. The molecule has 44 heavy (non-hydrogen) atoms. The summed E-state index contributed by atoms with van der Waals surface area (Å²) in [5.74, 6) is -1.21. The quantitative estimate of drug-likeness (QED) is 0.245. The van der Waals surface area contributed by atoms with Gasteiger partial charge in [-0.1, -0.05) is 23.9 Å². The number of nitrogens with zero attached hydrogens (tertiary/aromatic N) is 4. The minimum Gasteiger partial charge on any atom is -0.444 e. The van der Waals surface area contributed by atoms with E-state index in [0.717, 1.165) is 0 Å². The van der Waals surface area contributed by atoms with E-state index in [1.165, 1.54) is 28.8 Å². The van der Waals surface area contributed by atoms with Crippen LogP contribution in [0.25, 0.3) is 0 Å². The molecule has 9 nitrogen and oxygen atoms in total. The molecule has 0 bridgehead atoms. The number of alkyl halides is 3. The molecule has 1 spiro atoms. The molecule has 3 aliphatic rings. The van der Waals surface area contributed by atoms with E-state index in [1.54, 1.807) is 38.9 Å². The molecule has 1 aromatic carbocycles. The van der Waals surface area contributed by atoms with Gasteiger partial charge in [-0.3, -0.25) is 4.79 Å². The zero-order valence-corrected chi connectivity index (χ0v) is 26.4. The number of carbonyl (C=O) groups excluding carboxylic acids is 2. The topological polar surface area (TPSA) is 96.9 Å². The van der Waals surface area contributed by atoms with Crippen molar-refractivity contribution in [1.82, 2.24) is 19.8 Å². The van der Waals surface area contributed by atoms with Crippen molar-refractivity contribution in [3.05, 3.63) is 46.4 Å². The normalized spacial score (nSPS) is 22.4. The van der Waals surface area contributed by atoms with Gasteiger partial charge in [0.15, 0.2) is 5.16 Å². The lowest BCUT2D eigenvalue weighted by Gasteiger charge is -2.54. The maximum absolute atomic E-state index is 15.1. The van der Waals surface area contributed by atoms with Crippen molar-refractivity contribution in [2.24, 2.45) is 0 Å². The van der Waals surface area contributed by atoms with Crippen LogP contribution < -0.4 is 5.32 Å². The Labute approximate surface area is 258 Å². The average molecular weight is 640 g/mol. The summed E-state index contributed by atoms with van der Waals surface area (Å²) in [6.07, 6.45) is -2.45. The van der Waals surface area contributed by atoms with Crippen LogP contribution in [-0.4, -0.2) is 75.5 Å². The second kappa shape index (κ2) is 11.7. The van der Waals surface area contributed by atoms with Crippen molar-refractivity contribution in [3.63, 3.8) is 0 Å². The van der Waals surface area contributed by atoms with Crippen LogP contribution in [-0.2, 0) is 32.4 Å². The monoisotopic (exact) mass is 639 g/mol. The number of halogens is 4. The van der Waals surface area contributed by atoms with Crippen molar-refractivity contribution in [2.75, 3.05) is 31.3 Å². The van der Waals surface area contributed by atoms with E-state index in [-0.39, 0.29) is 43.3 Å². The number of likely N-dealkylation sites (tertiary alicyclic amines) is 1. The van der Waals surface area contributed by atoms with Crippen LogP contribution in [0, 0.1) is 5.82 Å². The maximum atomic E-state index is 15.1. The average Bonchev–Trinajstić information content (AvgIpc) is 2.90. The van der Waals surface area contributed by atoms with Crippen molar-refractivity contribution in [3.8, 4) is 0 Å². The molecule has 2 aromatic rings. The molecule has 0 saturated carbocycles. The number of anilines is 1. The molecule has 1 aromatic heterocycles. The van der Waals surface area contributed by atoms with E-state index in [2.05, 4.69) is 10.3 Å². The van der Waals surface area contributed by atoms with Gasteiger partial charge in [-0.25, -0.2) is 19.2 Å². The fourth-order valence-electron chi connectivity index (χ4n) is 6.12. The predicted molar refractivity (Wildman–Crippen MR) is 156 cm³/mol. The molecule has 0 radical (unpaired) electrons. The van der Waals surface area contributed by atoms with Gasteiger partial charge in [0.05, 0.1) is 29.9 Å². The number of thioether (sulfide) groups is 1. The Hall–Kier alpha value is -3.13. The summed E-state index contributed by atoms with van der Waals surface area (Å²) in [5, 5.41) is 3.47. The smallest absolute Gasteiger partial charge is 0.419 e. The maximum Gasteiger partial charge on any atom is 0.419 e. The van der Waals surface area contributed by atoms with Gasteiger partial charge >= 0.3 is 12.3 Å². The van der Waals surface area contributed by atoms with E-state index in [0.29, 0.717) is 47.7 Å². The minimum atomic E-state index is -4.85. The highest BCUT2D eigenvalue weighted by atomic mass is 32.2. The van der Waals surface area contributed by atoms with Gasteiger partial charge in [-0.15, -0.1) is 0 Å². The van der Waals surface area contributed by atoms with Crippen molar-refractivity contribution in [2.45, 2.75) is 94.5 Å². The number of carbonyl (C=O) groups is 2. The van der Waals surface area contributed by atoms with Crippen molar-refractivity contribution < 1.29 is 36.6 Å². The predicted octanol–water partition coefficient (Wildman–Crippen LogP) is 5.93. The second-order valence-corrected chi connectivity index (χ2v) is 13.4. The van der Waals surface area contributed by atoms with Crippen LogP contribution in [0.4, 0.5) is 28.2 Å². The van der Waals surface area contributed by atoms with E-state index < -0.39 is 40.7 Å². The van der Waals surface area contributed by atoms with Crippen LogP contribution in [0.1, 0.15) is 75.9 Å². The molecule has 3 atom stereocenters. The lowest BCUT2D eigenvalue weighted by molar-refractivity contribution is -0.152. The Balaban J connectivity index is 1.56. The molecule has 0 unspecified atom stereocenters. The number of benzene rings is 1. The minimum absolute atomic E-state index is 0.0467. The summed E-state index contributed by atoms with van der Waals surface area (Å²) >= 11 is 1.24.